The van der Waals surface area contributed by atoms with Crippen molar-refractivity contribution in [2.75, 3.05) is 0 Å². The van der Waals surface area contributed by atoms with Gasteiger partial charge in [0.15, 0.2) is 11.6 Å². The molecule has 0 unspecified atom stereocenters. The van der Waals surface area contributed by atoms with Crippen molar-refractivity contribution >= 4 is 0 Å². The second-order valence-electron chi connectivity index (χ2n) is 3.96. The zero-order valence-corrected chi connectivity index (χ0v) is 9.94. The van der Waals surface area contributed by atoms with Crippen LogP contribution in [0.25, 0.3) is 0 Å². The fraction of sp³-hybridized carbons (Fsp3) is 0.0714. The van der Waals surface area contributed by atoms with Gasteiger partial charge in [0, 0.05) is 5.56 Å². The quantitative estimate of drug-likeness (QED) is 0.575. The molecular weight excluding hydrogens is 260 g/mol. The van der Waals surface area contributed by atoms with Gasteiger partial charge in [-0.3, -0.25) is 0 Å². The average molecular weight is 269 g/mol. The van der Waals surface area contributed by atoms with Crippen LogP contribution >= 0.6 is 0 Å². The van der Waals surface area contributed by atoms with Crippen LogP contribution < -0.4 is 4.74 Å². The van der Waals surface area contributed by atoms with Gasteiger partial charge in [0.25, 0.3) is 0 Å². The predicted molar refractivity (Wildman–Crippen MR) is 62.0 cm³/mol. The summed E-state index contributed by atoms with van der Waals surface area (Å²) in [5, 5.41) is 0. The van der Waals surface area contributed by atoms with E-state index in [1.807, 2.05) is 0 Å². The Kier molecular flexibility index (Phi) is 3.46. The summed E-state index contributed by atoms with van der Waals surface area (Å²) in [6, 6.07) is 5.95. The first-order valence-electron chi connectivity index (χ1n) is 5.34. The van der Waals surface area contributed by atoms with Crippen LogP contribution in [-0.4, -0.2) is 0 Å². The maximum absolute atomic E-state index is 13.6. The van der Waals surface area contributed by atoms with Crippen molar-refractivity contribution in [2.24, 2.45) is 0 Å². The molecule has 1 radical (unpaired) electrons. The summed E-state index contributed by atoms with van der Waals surface area (Å²) in [5.41, 5.74) is -0.195. The molecule has 0 aromatic heterocycles. The van der Waals surface area contributed by atoms with E-state index in [1.165, 1.54) is 18.2 Å². The largest absolute Gasteiger partial charge is 0.451 e. The lowest BCUT2D eigenvalue weighted by molar-refractivity contribution is 0.362. The molecule has 19 heavy (non-hydrogen) atoms. The Hall–Kier alpha value is -2.04. The summed E-state index contributed by atoms with van der Waals surface area (Å²) in [6.07, 6.45) is 0. The Labute approximate surface area is 107 Å². The van der Waals surface area contributed by atoms with E-state index in [0.29, 0.717) is 5.56 Å². The molecule has 0 atom stereocenters. The van der Waals surface area contributed by atoms with Gasteiger partial charge in [-0.25, -0.2) is 8.78 Å². The highest BCUT2D eigenvalue weighted by atomic mass is 19.2. The highest BCUT2D eigenvalue weighted by Crippen LogP contribution is 2.33. The van der Waals surface area contributed by atoms with E-state index in [9.17, 15) is 17.6 Å². The third kappa shape index (κ3) is 2.41. The molecule has 0 aliphatic heterocycles. The van der Waals surface area contributed by atoms with Crippen LogP contribution in [0.4, 0.5) is 17.6 Å². The summed E-state index contributed by atoms with van der Waals surface area (Å²) in [7, 11) is 0. The summed E-state index contributed by atoms with van der Waals surface area (Å²) in [4.78, 5) is 0. The molecule has 0 amide bonds. The predicted octanol–water partition coefficient (Wildman–Crippen LogP) is 4.53. The Morgan fingerprint density at radius 3 is 2.05 bits per heavy atom. The van der Waals surface area contributed by atoms with Gasteiger partial charge in [-0.1, -0.05) is 12.1 Å². The second-order valence-corrected chi connectivity index (χ2v) is 3.96. The monoisotopic (exact) mass is 269 g/mol. The summed E-state index contributed by atoms with van der Waals surface area (Å²) >= 11 is 0. The standard InChI is InChI=1S/C14H9F4O/c1-7-4-3-5-9(6-7)19-14-12(17)10(15)8(2)11(16)13(14)18/h3-6H,1H2,2H3. The first-order valence-corrected chi connectivity index (χ1v) is 5.34. The van der Waals surface area contributed by atoms with Crippen molar-refractivity contribution in [1.82, 2.24) is 0 Å². The Morgan fingerprint density at radius 1 is 0.947 bits per heavy atom. The minimum absolute atomic E-state index is 0.0351. The lowest BCUT2D eigenvalue weighted by Crippen LogP contribution is -2.03. The third-order valence-corrected chi connectivity index (χ3v) is 2.56. The molecule has 5 heteroatoms. The second kappa shape index (κ2) is 4.91. The molecule has 0 aliphatic carbocycles. The first-order chi connectivity index (χ1) is 8.91. The maximum atomic E-state index is 13.6. The smallest absolute Gasteiger partial charge is 0.204 e. The number of hydrogen-bond acceptors (Lipinski definition) is 1. The van der Waals surface area contributed by atoms with Gasteiger partial charge in [-0.15, -0.1) is 0 Å². The molecule has 2 aromatic carbocycles. The van der Waals surface area contributed by atoms with Crippen molar-refractivity contribution in [3.8, 4) is 11.5 Å². The van der Waals surface area contributed by atoms with Gasteiger partial charge in [0.05, 0.1) is 0 Å². The summed E-state index contributed by atoms with van der Waals surface area (Å²) < 4.78 is 58.7. The van der Waals surface area contributed by atoms with Crippen molar-refractivity contribution in [3.05, 3.63) is 65.6 Å². The maximum Gasteiger partial charge on any atom is 0.204 e. The lowest BCUT2D eigenvalue weighted by Gasteiger charge is -2.11. The topological polar surface area (TPSA) is 9.23 Å². The molecule has 0 N–H and O–H groups in total. The van der Waals surface area contributed by atoms with Crippen molar-refractivity contribution in [3.63, 3.8) is 0 Å². The molecule has 0 spiro atoms. The zero-order chi connectivity index (χ0) is 14.2. The van der Waals surface area contributed by atoms with Crippen molar-refractivity contribution in [1.29, 1.82) is 0 Å². The average Bonchev–Trinajstić information content (AvgIpc) is 2.39. The molecule has 1 nitrogen and oxygen atoms in total. The Bertz CT molecular complexity index is 609. The van der Waals surface area contributed by atoms with Gasteiger partial charge in [0.1, 0.15) is 5.75 Å². The van der Waals surface area contributed by atoms with Crippen LogP contribution in [0.3, 0.4) is 0 Å². The van der Waals surface area contributed by atoms with E-state index in [4.69, 9.17) is 4.74 Å². The van der Waals surface area contributed by atoms with E-state index >= 15 is 0 Å². The molecule has 2 rings (SSSR count). The summed E-state index contributed by atoms with van der Waals surface area (Å²) in [6.45, 7) is 4.54. The van der Waals surface area contributed by atoms with Gasteiger partial charge in [0.2, 0.25) is 17.4 Å². The van der Waals surface area contributed by atoms with Crippen LogP contribution in [-0.2, 0) is 0 Å². The van der Waals surface area contributed by atoms with Crippen LogP contribution in [0, 0.1) is 37.1 Å². The fourth-order valence-corrected chi connectivity index (χ4v) is 1.54. The van der Waals surface area contributed by atoms with E-state index in [1.54, 1.807) is 6.07 Å². The normalized spacial score (nSPS) is 10.6. The zero-order valence-electron chi connectivity index (χ0n) is 9.94. The van der Waals surface area contributed by atoms with Crippen molar-refractivity contribution < 1.29 is 22.3 Å². The van der Waals surface area contributed by atoms with Crippen LogP contribution in [0.2, 0.25) is 0 Å². The van der Waals surface area contributed by atoms with E-state index in [0.717, 1.165) is 6.92 Å². The summed E-state index contributed by atoms with van der Waals surface area (Å²) in [5.74, 6) is -7.14. The SMILES string of the molecule is [CH2]c1cccc(Oc2c(F)c(F)c(C)c(F)c2F)c1. The number of benzene rings is 2. The number of ether oxygens (including phenoxy) is 1. The molecule has 2 aromatic rings. The van der Waals surface area contributed by atoms with Gasteiger partial charge in [-0.2, -0.15) is 8.78 Å². The molecule has 0 saturated heterocycles. The molecule has 99 valence electrons. The third-order valence-electron chi connectivity index (χ3n) is 2.56. The molecule has 0 heterocycles. The highest BCUT2D eigenvalue weighted by Gasteiger charge is 2.24. The highest BCUT2D eigenvalue weighted by molar-refractivity contribution is 5.39. The van der Waals surface area contributed by atoms with Crippen molar-refractivity contribution in [2.45, 2.75) is 6.92 Å². The number of hydrogen-bond donors (Lipinski definition) is 0. The Balaban J connectivity index is 2.52. The van der Waals surface area contributed by atoms with Gasteiger partial charge in [-0.05, 0) is 31.5 Å². The fourth-order valence-electron chi connectivity index (χ4n) is 1.54. The minimum Gasteiger partial charge on any atom is -0.451 e. The molecule has 0 fully saturated rings. The molecular formula is C14H9F4O. The van der Waals surface area contributed by atoms with Crippen LogP contribution in [0.1, 0.15) is 11.1 Å². The van der Waals surface area contributed by atoms with Crippen LogP contribution in [0.15, 0.2) is 24.3 Å². The van der Waals surface area contributed by atoms with E-state index < -0.39 is 34.6 Å². The lowest BCUT2D eigenvalue weighted by atomic mass is 10.2. The van der Waals surface area contributed by atoms with E-state index in [-0.39, 0.29) is 5.75 Å². The molecule has 0 saturated carbocycles. The number of rotatable bonds is 2. The van der Waals surface area contributed by atoms with E-state index in [2.05, 4.69) is 6.92 Å². The number of halogens is 4. The minimum atomic E-state index is -1.56. The van der Waals surface area contributed by atoms with Gasteiger partial charge < -0.3 is 4.74 Å². The molecule has 0 aliphatic rings. The molecule has 0 bridgehead atoms. The van der Waals surface area contributed by atoms with Crippen LogP contribution in [0.5, 0.6) is 11.5 Å². The Morgan fingerprint density at radius 2 is 1.53 bits per heavy atom. The first kappa shape index (κ1) is 13.4. The van der Waals surface area contributed by atoms with Gasteiger partial charge >= 0.3 is 0 Å².